The third kappa shape index (κ3) is 1.88. The second kappa shape index (κ2) is 3.96. The van der Waals surface area contributed by atoms with E-state index < -0.39 is 0 Å². The molecule has 0 radical (unpaired) electrons. The lowest BCUT2D eigenvalue weighted by molar-refractivity contribution is 0.753. The number of rotatable bonds is 2. The molecule has 0 aromatic heterocycles. The second-order valence-electron chi connectivity index (χ2n) is 2.97. The van der Waals surface area contributed by atoms with Crippen LogP contribution in [0, 0.1) is 11.3 Å². The molecule has 0 spiro atoms. The Hall–Kier alpha value is -1.23. The average molecular weight is 162 g/mol. The van der Waals surface area contributed by atoms with Gasteiger partial charge in [-0.15, -0.1) is 0 Å². The van der Waals surface area contributed by atoms with Gasteiger partial charge in [-0.3, -0.25) is 0 Å². The number of nitrogens with zero attached hydrogens (tertiary/aromatic N) is 1. The molecule has 0 bridgehead atoms. The molecular formula is C10H14N2. The number of allylic oxidation sites excluding steroid dienone is 4. The molecule has 0 heterocycles. The first kappa shape index (κ1) is 8.86. The Bertz CT molecular complexity index is 266. The molecule has 2 nitrogen and oxygen atoms in total. The Morgan fingerprint density at radius 1 is 1.58 bits per heavy atom. The fraction of sp³-hybridized carbons (Fsp3) is 0.500. The summed E-state index contributed by atoms with van der Waals surface area (Å²) >= 11 is 0. The minimum Gasteiger partial charge on any atom is -0.388 e. The fourth-order valence-corrected chi connectivity index (χ4v) is 1.41. The minimum absolute atomic E-state index is 0.885. The van der Waals surface area contributed by atoms with Gasteiger partial charge in [0.25, 0.3) is 0 Å². The van der Waals surface area contributed by atoms with Crippen molar-refractivity contribution in [2.24, 2.45) is 0 Å². The van der Waals surface area contributed by atoms with Gasteiger partial charge in [-0.05, 0) is 38.3 Å². The lowest BCUT2D eigenvalue weighted by atomic mass is 9.98. The summed E-state index contributed by atoms with van der Waals surface area (Å²) in [6, 6.07) is 2.20. The standard InChI is InChI=1S/C10H14N2/c1-3-12-10-5-4-9(7-11)6-8(10)2/h6,12H,3-5H2,1-2H3. The van der Waals surface area contributed by atoms with E-state index >= 15 is 0 Å². The van der Waals surface area contributed by atoms with Crippen molar-refractivity contribution < 1.29 is 0 Å². The number of hydrogen-bond acceptors (Lipinski definition) is 2. The van der Waals surface area contributed by atoms with Crippen LogP contribution in [-0.4, -0.2) is 6.54 Å². The first-order valence-corrected chi connectivity index (χ1v) is 4.32. The molecule has 0 aromatic carbocycles. The van der Waals surface area contributed by atoms with Crippen molar-refractivity contribution in [2.45, 2.75) is 26.7 Å². The fourth-order valence-electron chi connectivity index (χ4n) is 1.41. The van der Waals surface area contributed by atoms with Crippen LogP contribution in [0.3, 0.4) is 0 Å². The van der Waals surface area contributed by atoms with E-state index in [2.05, 4.69) is 25.2 Å². The maximum atomic E-state index is 8.66. The normalized spacial score (nSPS) is 16.9. The summed E-state index contributed by atoms with van der Waals surface area (Å²) in [5, 5.41) is 12.0. The second-order valence-corrected chi connectivity index (χ2v) is 2.97. The zero-order valence-corrected chi connectivity index (χ0v) is 7.65. The molecular weight excluding hydrogens is 148 g/mol. The van der Waals surface area contributed by atoms with E-state index in [9.17, 15) is 0 Å². The van der Waals surface area contributed by atoms with Crippen molar-refractivity contribution >= 4 is 0 Å². The molecule has 2 heteroatoms. The lowest BCUT2D eigenvalue weighted by Gasteiger charge is -2.15. The summed E-state index contributed by atoms with van der Waals surface area (Å²) in [6.07, 6.45) is 3.84. The Kier molecular flexibility index (Phi) is 2.93. The lowest BCUT2D eigenvalue weighted by Crippen LogP contribution is -2.15. The number of hydrogen-bond donors (Lipinski definition) is 1. The van der Waals surface area contributed by atoms with Crippen LogP contribution in [0.4, 0.5) is 0 Å². The first-order chi connectivity index (χ1) is 5.77. The van der Waals surface area contributed by atoms with Gasteiger partial charge < -0.3 is 5.32 Å². The van der Waals surface area contributed by atoms with Gasteiger partial charge >= 0.3 is 0 Å². The average Bonchev–Trinajstić information content (AvgIpc) is 2.09. The van der Waals surface area contributed by atoms with Crippen LogP contribution in [0.1, 0.15) is 26.7 Å². The maximum Gasteiger partial charge on any atom is 0.0947 e. The summed E-state index contributed by atoms with van der Waals surface area (Å²) < 4.78 is 0. The van der Waals surface area contributed by atoms with E-state index in [1.54, 1.807) is 0 Å². The van der Waals surface area contributed by atoms with Crippen molar-refractivity contribution in [1.82, 2.24) is 5.32 Å². The largest absolute Gasteiger partial charge is 0.388 e. The number of nitrogens with one attached hydrogen (secondary N) is 1. The first-order valence-electron chi connectivity index (χ1n) is 4.32. The molecule has 0 aromatic rings. The van der Waals surface area contributed by atoms with Gasteiger partial charge in [-0.2, -0.15) is 5.26 Å². The highest BCUT2D eigenvalue weighted by atomic mass is 14.9. The van der Waals surface area contributed by atoms with Crippen LogP contribution in [-0.2, 0) is 0 Å². The van der Waals surface area contributed by atoms with Gasteiger partial charge in [0.05, 0.1) is 6.07 Å². The molecule has 0 aliphatic heterocycles. The van der Waals surface area contributed by atoms with Gasteiger partial charge in [-0.1, -0.05) is 0 Å². The van der Waals surface area contributed by atoms with Crippen molar-refractivity contribution in [1.29, 1.82) is 5.26 Å². The van der Waals surface area contributed by atoms with E-state index in [0.717, 1.165) is 25.0 Å². The molecule has 1 rings (SSSR count). The highest BCUT2D eigenvalue weighted by molar-refractivity contribution is 5.37. The minimum atomic E-state index is 0.885. The molecule has 0 saturated heterocycles. The summed E-state index contributed by atoms with van der Waals surface area (Å²) in [5.41, 5.74) is 3.39. The smallest absolute Gasteiger partial charge is 0.0947 e. The topological polar surface area (TPSA) is 35.8 Å². The van der Waals surface area contributed by atoms with E-state index in [4.69, 9.17) is 5.26 Å². The molecule has 12 heavy (non-hydrogen) atoms. The molecule has 1 aliphatic carbocycles. The summed E-state index contributed by atoms with van der Waals surface area (Å²) in [6.45, 7) is 5.10. The van der Waals surface area contributed by atoms with E-state index in [0.29, 0.717) is 0 Å². The van der Waals surface area contributed by atoms with E-state index in [1.165, 1.54) is 11.3 Å². The van der Waals surface area contributed by atoms with Crippen LogP contribution in [0.25, 0.3) is 0 Å². The number of nitriles is 1. The van der Waals surface area contributed by atoms with Crippen LogP contribution >= 0.6 is 0 Å². The van der Waals surface area contributed by atoms with Gasteiger partial charge in [0.1, 0.15) is 0 Å². The van der Waals surface area contributed by atoms with Crippen molar-refractivity contribution in [3.63, 3.8) is 0 Å². The highest BCUT2D eigenvalue weighted by Gasteiger charge is 2.08. The Morgan fingerprint density at radius 3 is 2.83 bits per heavy atom. The summed E-state index contributed by atoms with van der Waals surface area (Å²) in [4.78, 5) is 0. The SMILES string of the molecule is CCNC1=C(C)C=C(C#N)CC1. The highest BCUT2D eigenvalue weighted by Crippen LogP contribution is 2.20. The monoisotopic (exact) mass is 162 g/mol. The zero-order chi connectivity index (χ0) is 8.97. The third-order valence-corrected chi connectivity index (χ3v) is 2.04. The molecule has 0 atom stereocenters. The van der Waals surface area contributed by atoms with Crippen LogP contribution < -0.4 is 5.32 Å². The Morgan fingerprint density at radius 2 is 2.33 bits per heavy atom. The quantitative estimate of drug-likeness (QED) is 0.675. The predicted octanol–water partition coefficient (Wildman–Crippen LogP) is 2.11. The third-order valence-electron chi connectivity index (χ3n) is 2.04. The van der Waals surface area contributed by atoms with Gasteiger partial charge in [0.2, 0.25) is 0 Å². The van der Waals surface area contributed by atoms with Gasteiger partial charge in [0.15, 0.2) is 0 Å². The van der Waals surface area contributed by atoms with Crippen molar-refractivity contribution in [2.75, 3.05) is 6.54 Å². The van der Waals surface area contributed by atoms with Gasteiger partial charge in [0, 0.05) is 17.8 Å². The zero-order valence-electron chi connectivity index (χ0n) is 7.65. The molecule has 1 aliphatic rings. The molecule has 0 saturated carbocycles. The van der Waals surface area contributed by atoms with Crippen LogP contribution in [0.2, 0.25) is 0 Å². The predicted molar refractivity (Wildman–Crippen MR) is 49.3 cm³/mol. The van der Waals surface area contributed by atoms with E-state index in [-0.39, 0.29) is 0 Å². The molecule has 0 fully saturated rings. The summed E-state index contributed by atoms with van der Waals surface area (Å²) in [5.74, 6) is 0. The Balaban J connectivity index is 2.77. The van der Waals surface area contributed by atoms with Crippen molar-refractivity contribution in [3.8, 4) is 6.07 Å². The van der Waals surface area contributed by atoms with Gasteiger partial charge in [-0.25, -0.2) is 0 Å². The van der Waals surface area contributed by atoms with Crippen LogP contribution in [0.5, 0.6) is 0 Å². The van der Waals surface area contributed by atoms with Crippen molar-refractivity contribution in [3.05, 3.63) is 22.9 Å². The molecule has 0 unspecified atom stereocenters. The molecule has 64 valence electrons. The Labute approximate surface area is 73.6 Å². The molecule has 0 amide bonds. The maximum absolute atomic E-state index is 8.66. The van der Waals surface area contributed by atoms with E-state index in [1.807, 2.05) is 6.08 Å². The molecule has 1 N–H and O–H groups in total. The van der Waals surface area contributed by atoms with Crippen LogP contribution in [0.15, 0.2) is 22.9 Å². The summed E-state index contributed by atoms with van der Waals surface area (Å²) in [7, 11) is 0.